The third-order valence-corrected chi connectivity index (χ3v) is 3.74. The molecular weight excluding hydrogens is 266 g/mol. The summed E-state index contributed by atoms with van der Waals surface area (Å²) in [6, 6.07) is 7.93. The lowest BCUT2D eigenvalue weighted by molar-refractivity contribution is 0.582. The van der Waals surface area contributed by atoms with Crippen molar-refractivity contribution in [3.63, 3.8) is 0 Å². The van der Waals surface area contributed by atoms with Gasteiger partial charge in [-0.05, 0) is 32.2 Å². The predicted molar refractivity (Wildman–Crippen MR) is 85.7 cm³/mol. The molecule has 2 aromatic rings. The molecule has 0 N–H and O–H groups in total. The summed E-state index contributed by atoms with van der Waals surface area (Å²) in [4.78, 5) is 8.83. The maximum absolute atomic E-state index is 5.89. The minimum absolute atomic E-state index is 0.774. The van der Waals surface area contributed by atoms with Gasteiger partial charge in [0.25, 0.3) is 0 Å². The number of hydrogen-bond acceptors (Lipinski definition) is 3. The standard InChI is InChI=1S/C15H21N3OSi/c1-12-14(18(2)11-17-12)9-10-16-13-7-5-6-8-15(13)19-20(3)4/h5-8,10-11,20H,9H2,1-4H3. The summed E-state index contributed by atoms with van der Waals surface area (Å²) in [5, 5.41) is 0. The predicted octanol–water partition coefficient (Wildman–Crippen LogP) is 3.04. The van der Waals surface area contributed by atoms with Crippen molar-refractivity contribution in [2.24, 2.45) is 12.0 Å². The molecule has 1 aromatic carbocycles. The average molecular weight is 287 g/mol. The van der Waals surface area contributed by atoms with Crippen molar-refractivity contribution in [3.05, 3.63) is 42.0 Å². The molecule has 0 fully saturated rings. The summed E-state index contributed by atoms with van der Waals surface area (Å²) >= 11 is 0. The first kappa shape index (κ1) is 14.5. The van der Waals surface area contributed by atoms with E-state index in [1.807, 2.05) is 55.3 Å². The lowest BCUT2D eigenvalue weighted by Crippen LogP contribution is -2.11. The van der Waals surface area contributed by atoms with Crippen LogP contribution in [0.1, 0.15) is 11.4 Å². The van der Waals surface area contributed by atoms with E-state index < -0.39 is 9.04 Å². The van der Waals surface area contributed by atoms with Crippen LogP contribution >= 0.6 is 0 Å². The maximum atomic E-state index is 5.89. The van der Waals surface area contributed by atoms with Crippen LogP contribution in [-0.2, 0) is 13.5 Å². The average Bonchev–Trinajstić information content (AvgIpc) is 2.71. The van der Waals surface area contributed by atoms with Gasteiger partial charge in [-0.2, -0.15) is 0 Å². The third kappa shape index (κ3) is 3.57. The fourth-order valence-corrected chi connectivity index (χ4v) is 2.72. The van der Waals surface area contributed by atoms with Gasteiger partial charge in [-0.1, -0.05) is 12.1 Å². The molecule has 0 unspecified atom stereocenters. The van der Waals surface area contributed by atoms with E-state index in [0.717, 1.165) is 23.6 Å². The summed E-state index contributed by atoms with van der Waals surface area (Å²) in [5.41, 5.74) is 3.14. The van der Waals surface area contributed by atoms with E-state index in [2.05, 4.69) is 23.1 Å². The van der Waals surface area contributed by atoms with Gasteiger partial charge in [-0.3, -0.25) is 4.99 Å². The van der Waals surface area contributed by atoms with E-state index in [0.29, 0.717) is 0 Å². The van der Waals surface area contributed by atoms with Crippen molar-refractivity contribution < 1.29 is 4.43 Å². The summed E-state index contributed by atoms with van der Waals surface area (Å²) in [7, 11) is 0.892. The second-order valence-corrected chi connectivity index (χ2v) is 7.37. The van der Waals surface area contributed by atoms with Gasteiger partial charge in [-0.25, -0.2) is 4.98 Å². The normalized spacial score (nSPS) is 11.4. The van der Waals surface area contributed by atoms with Crippen LogP contribution in [0, 0.1) is 6.92 Å². The highest BCUT2D eigenvalue weighted by atomic mass is 28.3. The van der Waals surface area contributed by atoms with E-state index in [4.69, 9.17) is 4.43 Å². The monoisotopic (exact) mass is 287 g/mol. The molecule has 5 heteroatoms. The number of aryl methyl sites for hydroxylation is 2. The third-order valence-electron chi connectivity index (χ3n) is 3.01. The fourth-order valence-electron chi connectivity index (χ4n) is 2.01. The van der Waals surface area contributed by atoms with Crippen molar-refractivity contribution in [1.29, 1.82) is 0 Å². The molecule has 106 valence electrons. The summed E-state index contributed by atoms with van der Waals surface area (Å²) < 4.78 is 7.92. The zero-order valence-corrected chi connectivity index (χ0v) is 13.7. The molecule has 0 saturated carbocycles. The van der Waals surface area contributed by atoms with Crippen LogP contribution in [0.15, 0.2) is 35.6 Å². The smallest absolute Gasteiger partial charge is 0.229 e. The molecule has 0 aliphatic heterocycles. The van der Waals surface area contributed by atoms with Crippen molar-refractivity contribution in [3.8, 4) is 5.75 Å². The highest BCUT2D eigenvalue weighted by Gasteiger charge is 2.05. The largest absolute Gasteiger partial charge is 0.546 e. The molecule has 1 heterocycles. The van der Waals surface area contributed by atoms with Crippen LogP contribution < -0.4 is 4.43 Å². The molecule has 0 aliphatic rings. The maximum Gasteiger partial charge on any atom is 0.229 e. The van der Waals surface area contributed by atoms with Gasteiger partial charge >= 0.3 is 0 Å². The van der Waals surface area contributed by atoms with E-state index in [9.17, 15) is 0 Å². The number of hydrogen-bond donors (Lipinski definition) is 0. The Morgan fingerprint density at radius 1 is 1.35 bits per heavy atom. The summed E-state index contributed by atoms with van der Waals surface area (Å²) in [6.07, 6.45) is 4.53. The summed E-state index contributed by atoms with van der Waals surface area (Å²) in [6.45, 7) is 6.32. The van der Waals surface area contributed by atoms with Crippen LogP contribution in [-0.4, -0.2) is 24.8 Å². The first-order chi connectivity index (χ1) is 9.58. The number of benzene rings is 1. The molecule has 1 aromatic heterocycles. The highest BCUT2D eigenvalue weighted by Crippen LogP contribution is 2.27. The molecule has 2 rings (SSSR count). The number of aromatic nitrogens is 2. The van der Waals surface area contributed by atoms with Crippen LogP contribution in [0.2, 0.25) is 13.1 Å². The van der Waals surface area contributed by atoms with Crippen molar-refractivity contribution in [1.82, 2.24) is 9.55 Å². The zero-order chi connectivity index (χ0) is 14.5. The lowest BCUT2D eigenvalue weighted by atomic mass is 10.2. The van der Waals surface area contributed by atoms with Gasteiger partial charge in [0.05, 0.1) is 12.0 Å². The Balaban J connectivity index is 2.12. The van der Waals surface area contributed by atoms with Gasteiger partial charge in [-0.15, -0.1) is 0 Å². The fraction of sp³-hybridized carbons (Fsp3) is 0.333. The number of aliphatic imine (C=N–C) groups is 1. The molecule has 4 nitrogen and oxygen atoms in total. The molecule has 0 spiro atoms. The molecular formula is C15H21N3OSi. The van der Waals surface area contributed by atoms with Crippen molar-refractivity contribution in [2.75, 3.05) is 0 Å². The molecule has 0 atom stereocenters. The van der Waals surface area contributed by atoms with Gasteiger partial charge in [0.1, 0.15) is 11.4 Å². The van der Waals surface area contributed by atoms with Crippen LogP contribution in [0.5, 0.6) is 5.75 Å². The Labute approximate surface area is 121 Å². The van der Waals surface area contributed by atoms with Crippen molar-refractivity contribution in [2.45, 2.75) is 26.4 Å². The second kappa shape index (κ2) is 6.52. The first-order valence-corrected chi connectivity index (χ1v) is 9.61. The molecule has 0 radical (unpaired) electrons. The van der Waals surface area contributed by atoms with E-state index >= 15 is 0 Å². The SMILES string of the molecule is Cc1ncn(C)c1CC=Nc1ccccc1O[SiH](C)C. The molecule has 0 aliphatic carbocycles. The Morgan fingerprint density at radius 3 is 2.75 bits per heavy atom. The van der Waals surface area contributed by atoms with Crippen LogP contribution in [0.25, 0.3) is 0 Å². The minimum atomic E-state index is -1.11. The van der Waals surface area contributed by atoms with Gasteiger partial charge < -0.3 is 8.99 Å². The number of para-hydroxylation sites is 2. The quantitative estimate of drug-likeness (QED) is 0.626. The van der Waals surface area contributed by atoms with Crippen LogP contribution in [0.3, 0.4) is 0 Å². The molecule has 0 bridgehead atoms. The number of nitrogens with zero attached hydrogens (tertiary/aromatic N) is 3. The lowest BCUT2D eigenvalue weighted by Gasteiger charge is -2.11. The van der Waals surface area contributed by atoms with Gasteiger partial charge in [0, 0.05) is 25.4 Å². The summed E-state index contributed by atoms with van der Waals surface area (Å²) in [5.74, 6) is 0.882. The first-order valence-electron chi connectivity index (χ1n) is 6.83. The number of imidazole rings is 1. The van der Waals surface area contributed by atoms with Crippen molar-refractivity contribution >= 4 is 20.9 Å². The zero-order valence-electron chi connectivity index (χ0n) is 12.5. The Bertz CT molecular complexity index is 585. The van der Waals surface area contributed by atoms with E-state index in [1.54, 1.807) is 0 Å². The Kier molecular flexibility index (Phi) is 4.73. The Hall–Kier alpha value is -1.88. The van der Waals surface area contributed by atoms with Gasteiger partial charge in [0.2, 0.25) is 9.04 Å². The minimum Gasteiger partial charge on any atom is -0.546 e. The van der Waals surface area contributed by atoms with E-state index in [1.165, 1.54) is 5.69 Å². The molecule has 0 amide bonds. The topological polar surface area (TPSA) is 39.4 Å². The van der Waals surface area contributed by atoms with Crippen LogP contribution in [0.4, 0.5) is 5.69 Å². The molecule has 0 saturated heterocycles. The molecule has 20 heavy (non-hydrogen) atoms. The number of rotatable bonds is 5. The van der Waals surface area contributed by atoms with Gasteiger partial charge in [0.15, 0.2) is 0 Å². The Morgan fingerprint density at radius 2 is 2.10 bits per heavy atom. The highest BCUT2D eigenvalue weighted by molar-refractivity contribution is 6.49. The second-order valence-electron chi connectivity index (χ2n) is 5.04. The van der Waals surface area contributed by atoms with E-state index in [-0.39, 0.29) is 0 Å².